The molecule has 0 radical (unpaired) electrons. The van der Waals surface area contributed by atoms with Crippen LogP contribution in [0.1, 0.15) is 20.3 Å². The SMILES string of the molecule is CC(C)Oc1cc(NCCCn2cccn2)c(N)cc1F. The van der Waals surface area contributed by atoms with Crippen LogP contribution in [0.4, 0.5) is 15.8 Å². The van der Waals surface area contributed by atoms with Crippen LogP contribution in [0.3, 0.4) is 0 Å². The molecule has 0 atom stereocenters. The number of ether oxygens (including phenoxy) is 1. The Labute approximate surface area is 123 Å². The molecule has 1 heterocycles. The Morgan fingerprint density at radius 2 is 2.24 bits per heavy atom. The number of nitrogens with one attached hydrogen (secondary N) is 1. The van der Waals surface area contributed by atoms with Crippen molar-refractivity contribution in [1.82, 2.24) is 9.78 Å². The highest BCUT2D eigenvalue weighted by Crippen LogP contribution is 2.28. The molecule has 3 N–H and O–H groups in total. The third-order valence-corrected chi connectivity index (χ3v) is 2.91. The first-order valence-electron chi connectivity index (χ1n) is 7.03. The van der Waals surface area contributed by atoms with Crippen molar-refractivity contribution in [2.24, 2.45) is 0 Å². The minimum Gasteiger partial charge on any atom is -0.488 e. The highest BCUT2D eigenvalue weighted by molar-refractivity contribution is 5.68. The second-order valence-electron chi connectivity index (χ2n) is 5.09. The topological polar surface area (TPSA) is 65.1 Å². The molecule has 114 valence electrons. The van der Waals surface area contributed by atoms with Crippen LogP contribution in [0.15, 0.2) is 30.6 Å². The molecule has 2 aromatic rings. The summed E-state index contributed by atoms with van der Waals surface area (Å²) in [5.41, 5.74) is 6.89. The quantitative estimate of drug-likeness (QED) is 0.608. The van der Waals surface area contributed by atoms with E-state index in [1.165, 1.54) is 6.07 Å². The molecule has 0 aliphatic heterocycles. The molecule has 0 saturated heterocycles. The maximum absolute atomic E-state index is 13.7. The van der Waals surface area contributed by atoms with Gasteiger partial charge in [0.25, 0.3) is 0 Å². The lowest BCUT2D eigenvalue weighted by molar-refractivity contribution is 0.231. The molecular weight excluding hydrogens is 271 g/mol. The van der Waals surface area contributed by atoms with Crippen LogP contribution >= 0.6 is 0 Å². The summed E-state index contributed by atoms with van der Waals surface area (Å²) in [6.45, 7) is 5.24. The van der Waals surface area contributed by atoms with Crippen molar-refractivity contribution in [3.05, 3.63) is 36.4 Å². The van der Waals surface area contributed by atoms with E-state index in [1.54, 1.807) is 12.3 Å². The van der Waals surface area contributed by atoms with Crippen molar-refractivity contribution >= 4 is 11.4 Å². The fraction of sp³-hybridized carbons (Fsp3) is 0.400. The van der Waals surface area contributed by atoms with E-state index in [2.05, 4.69) is 10.4 Å². The highest BCUT2D eigenvalue weighted by Gasteiger charge is 2.10. The molecule has 0 fully saturated rings. The zero-order chi connectivity index (χ0) is 15.2. The maximum atomic E-state index is 13.7. The number of benzene rings is 1. The predicted molar refractivity (Wildman–Crippen MR) is 81.9 cm³/mol. The standard InChI is InChI=1S/C15H21FN4O/c1-11(2)21-15-10-14(13(17)9-12(15)16)18-5-3-7-20-8-4-6-19-20/h4,6,8-11,18H,3,5,7,17H2,1-2H3. The van der Waals surface area contributed by atoms with E-state index in [4.69, 9.17) is 10.5 Å². The number of rotatable bonds is 7. The van der Waals surface area contributed by atoms with Crippen molar-refractivity contribution in [3.63, 3.8) is 0 Å². The number of nitrogen functional groups attached to an aromatic ring is 1. The predicted octanol–water partition coefficient (Wildman–Crippen LogP) is 2.89. The Balaban J connectivity index is 1.92. The normalized spacial score (nSPS) is 10.9. The third-order valence-electron chi connectivity index (χ3n) is 2.91. The lowest BCUT2D eigenvalue weighted by atomic mass is 10.2. The number of hydrogen-bond acceptors (Lipinski definition) is 4. The zero-order valence-electron chi connectivity index (χ0n) is 12.3. The van der Waals surface area contributed by atoms with Crippen LogP contribution in [-0.2, 0) is 6.54 Å². The van der Waals surface area contributed by atoms with Gasteiger partial charge in [-0.15, -0.1) is 0 Å². The number of aromatic nitrogens is 2. The van der Waals surface area contributed by atoms with Crippen LogP contribution in [0.5, 0.6) is 5.75 Å². The lowest BCUT2D eigenvalue weighted by Gasteiger charge is -2.15. The van der Waals surface area contributed by atoms with Gasteiger partial charge < -0.3 is 15.8 Å². The Bertz CT molecular complexity index is 569. The van der Waals surface area contributed by atoms with Crippen molar-refractivity contribution in [2.75, 3.05) is 17.6 Å². The molecule has 5 nitrogen and oxygen atoms in total. The van der Waals surface area contributed by atoms with E-state index >= 15 is 0 Å². The van der Waals surface area contributed by atoms with Gasteiger partial charge in [-0.1, -0.05) is 0 Å². The zero-order valence-corrected chi connectivity index (χ0v) is 12.3. The number of aryl methyl sites for hydroxylation is 1. The van der Waals surface area contributed by atoms with Gasteiger partial charge in [0, 0.05) is 37.6 Å². The molecule has 1 aromatic heterocycles. The second-order valence-corrected chi connectivity index (χ2v) is 5.09. The van der Waals surface area contributed by atoms with E-state index < -0.39 is 5.82 Å². The summed E-state index contributed by atoms with van der Waals surface area (Å²) in [5.74, 6) is -0.225. The van der Waals surface area contributed by atoms with E-state index in [1.807, 2.05) is 30.8 Å². The Morgan fingerprint density at radius 1 is 1.43 bits per heavy atom. The molecular formula is C15H21FN4O. The van der Waals surface area contributed by atoms with E-state index in [-0.39, 0.29) is 11.9 Å². The van der Waals surface area contributed by atoms with Gasteiger partial charge in [-0.05, 0) is 26.3 Å². The summed E-state index contributed by atoms with van der Waals surface area (Å²) < 4.78 is 21.0. The first kappa shape index (κ1) is 15.2. The van der Waals surface area contributed by atoms with Crippen LogP contribution in [0, 0.1) is 5.82 Å². The molecule has 0 spiro atoms. The molecule has 0 unspecified atom stereocenters. The number of nitrogens with zero attached hydrogens (tertiary/aromatic N) is 2. The van der Waals surface area contributed by atoms with Gasteiger partial charge in [0.2, 0.25) is 0 Å². The largest absolute Gasteiger partial charge is 0.488 e. The summed E-state index contributed by atoms with van der Waals surface area (Å²) >= 11 is 0. The molecule has 2 rings (SSSR count). The van der Waals surface area contributed by atoms with E-state index in [0.717, 1.165) is 19.5 Å². The smallest absolute Gasteiger partial charge is 0.167 e. The first-order chi connectivity index (χ1) is 10.1. The summed E-state index contributed by atoms with van der Waals surface area (Å²) in [7, 11) is 0. The second kappa shape index (κ2) is 6.97. The van der Waals surface area contributed by atoms with Crippen LogP contribution < -0.4 is 15.8 Å². The van der Waals surface area contributed by atoms with Gasteiger partial charge in [-0.2, -0.15) is 5.10 Å². The Hall–Kier alpha value is -2.24. The summed E-state index contributed by atoms with van der Waals surface area (Å²) in [6.07, 6.45) is 4.47. The molecule has 21 heavy (non-hydrogen) atoms. The minimum absolute atomic E-state index is 0.0872. The first-order valence-corrected chi connectivity index (χ1v) is 7.03. The van der Waals surface area contributed by atoms with Crippen molar-refractivity contribution < 1.29 is 9.13 Å². The molecule has 0 bridgehead atoms. The summed E-state index contributed by atoms with van der Waals surface area (Å²) in [5, 5.41) is 7.33. The maximum Gasteiger partial charge on any atom is 0.167 e. The number of anilines is 2. The van der Waals surface area contributed by atoms with Crippen LogP contribution in [0.2, 0.25) is 0 Å². The molecule has 6 heteroatoms. The van der Waals surface area contributed by atoms with Gasteiger partial charge in [0.05, 0.1) is 17.5 Å². The Morgan fingerprint density at radius 3 is 2.90 bits per heavy atom. The summed E-state index contributed by atoms with van der Waals surface area (Å²) in [4.78, 5) is 0. The summed E-state index contributed by atoms with van der Waals surface area (Å²) in [6, 6.07) is 4.78. The van der Waals surface area contributed by atoms with Gasteiger partial charge in [0.15, 0.2) is 11.6 Å². The van der Waals surface area contributed by atoms with Crippen LogP contribution in [0.25, 0.3) is 0 Å². The highest BCUT2D eigenvalue weighted by atomic mass is 19.1. The van der Waals surface area contributed by atoms with Gasteiger partial charge in [-0.3, -0.25) is 4.68 Å². The van der Waals surface area contributed by atoms with E-state index in [9.17, 15) is 4.39 Å². The average molecular weight is 292 g/mol. The van der Waals surface area contributed by atoms with E-state index in [0.29, 0.717) is 11.4 Å². The monoisotopic (exact) mass is 292 g/mol. The molecule has 0 saturated carbocycles. The van der Waals surface area contributed by atoms with Gasteiger partial charge in [0.1, 0.15) is 0 Å². The van der Waals surface area contributed by atoms with Crippen molar-refractivity contribution in [1.29, 1.82) is 0 Å². The van der Waals surface area contributed by atoms with Gasteiger partial charge in [-0.25, -0.2) is 4.39 Å². The molecule has 0 aliphatic rings. The Kier molecular flexibility index (Phi) is 5.03. The minimum atomic E-state index is -0.441. The van der Waals surface area contributed by atoms with Crippen molar-refractivity contribution in [3.8, 4) is 5.75 Å². The number of halogens is 1. The fourth-order valence-corrected chi connectivity index (χ4v) is 1.96. The lowest BCUT2D eigenvalue weighted by Crippen LogP contribution is -2.11. The third kappa shape index (κ3) is 4.37. The number of nitrogens with two attached hydrogens (primary N) is 1. The number of hydrogen-bond donors (Lipinski definition) is 2. The average Bonchev–Trinajstić information content (AvgIpc) is 2.92. The molecule has 1 aromatic carbocycles. The fourth-order valence-electron chi connectivity index (χ4n) is 1.96. The van der Waals surface area contributed by atoms with Gasteiger partial charge >= 0.3 is 0 Å². The molecule has 0 aliphatic carbocycles. The van der Waals surface area contributed by atoms with Crippen molar-refractivity contribution in [2.45, 2.75) is 32.9 Å². The van der Waals surface area contributed by atoms with Crippen LogP contribution in [-0.4, -0.2) is 22.4 Å². The molecule has 0 amide bonds.